The highest BCUT2D eigenvalue weighted by atomic mass is 32.1. The van der Waals surface area contributed by atoms with Gasteiger partial charge in [-0.05, 0) is 0 Å². The molecule has 0 saturated heterocycles. The molecule has 2 aromatic heterocycles. The van der Waals surface area contributed by atoms with Gasteiger partial charge in [-0.3, -0.25) is 4.79 Å². The molecule has 2 heterocycles. The molecular weight excluding hydrogens is 246 g/mol. The number of thiazole rings is 1. The Bertz CT molecular complexity index is 659. The SMILES string of the molecule is O=Cc1cnn(-c2nccs2)c1-c1ccccc1. The molecule has 0 atom stereocenters. The molecule has 0 fully saturated rings. The van der Waals surface area contributed by atoms with Crippen molar-refractivity contribution in [2.45, 2.75) is 0 Å². The van der Waals surface area contributed by atoms with Crippen LogP contribution in [0.4, 0.5) is 0 Å². The van der Waals surface area contributed by atoms with E-state index >= 15 is 0 Å². The van der Waals surface area contributed by atoms with Gasteiger partial charge in [0.25, 0.3) is 0 Å². The van der Waals surface area contributed by atoms with E-state index in [9.17, 15) is 4.79 Å². The number of nitrogens with zero attached hydrogens (tertiary/aromatic N) is 3. The fraction of sp³-hybridized carbons (Fsp3) is 0. The average Bonchev–Trinajstić information content (AvgIpc) is 3.08. The predicted molar refractivity (Wildman–Crippen MR) is 70.1 cm³/mol. The van der Waals surface area contributed by atoms with E-state index in [-0.39, 0.29) is 0 Å². The minimum Gasteiger partial charge on any atom is -0.298 e. The summed E-state index contributed by atoms with van der Waals surface area (Å²) in [6.45, 7) is 0. The van der Waals surface area contributed by atoms with Crippen LogP contribution >= 0.6 is 11.3 Å². The average molecular weight is 255 g/mol. The highest BCUT2D eigenvalue weighted by molar-refractivity contribution is 7.12. The fourth-order valence-electron chi connectivity index (χ4n) is 1.80. The van der Waals surface area contributed by atoms with Crippen molar-refractivity contribution >= 4 is 17.6 Å². The van der Waals surface area contributed by atoms with Gasteiger partial charge < -0.3 is 0 Å². The Morgan fingerprint density at radius 1 is 1.22 bits per heavy atom. The van der Waals surface area contributed by atoms with E-state index in [0.29, 0.717) is 5.56 Å². The standard InChI is InChI=1S/C13H9N3OS/c17-9-11-8-15-16(13-14-6-7-18-13)12(11)10-4-2-1-3-5-10/h1-9H. The van der Waals surface area contributed by atoms with Crippen LogP contribution in [-0.2, 0) is 0 Å². The van der Waals surface area contributed by atoms with Crippen LogP contribution in [0.5, 0.6) is 0 Å². The largest absolute Gasteiger partial charge is 0.298 e. The molecule has 88 valence electrons. The zero-order chi connectivity index (χ0) is 12.4. The van der Waals surface area contributed by atoms with Gasteiger partial charge in [-0.2, -0.15) is 5.10 Å². The van der Waals surface area contributed by atoms with Crippen molar-refractivity contribution in [1.82, 2.24) is 14.8 Å². The Labute approximate surface area is 108 Å². The number of hydrogen-bond acceptors (Lipinski definition) is 4. The van der Waals surface area contributed by atoms with E-state index in [0.717, 1.165) is 22.7 Å². The molecule has 0 unspecified atom stereocenters. The monoisotopic (exact) mass is 255 g/mol. The van der Waals surface area contributed by atoms with Gasteiger partial charge in [0.05, 0.1) is 17.5 Å². The van der Waals surface area contributed by atoms with Gasteiger partial charge in [0.15, 0.2) is 6.29 Å². The summed E-state index contributed by atoms with van der Waals surface area (Å²) in [7, 11) is 0. The third-order valence-corrected chi connectivity index (χ3v) is 3.32. The number of aldehydes is 1. The first-order valence-corrected chi connectivity index (χ1v) is 6.26. The molecular formula is C13H9N3OS. The summed E-state index contributed by atoms with van der Waals surface area (Å²) in [5, 5.41) is 6.87. The van der Waals surface area contributed by atoms with E-state index in [1.165, 1.54) is 11.3 Å². The molecule has 1 aromatic carbocycles. The molecule has 3 aromatic rings. The van der Waals surface area contributed by atoms with Crippen LogP contribution in [0.3, 0.4) is 0 Å². The maximum atomic E-state index is 11.1. The third-order valence-electron chi connectivity index (χ3n) is 2.57. The maximum Gasteiger partial charge on any atom is 0.210 e. The summed E-state index contributed by atoms with van der Waals surface area (Å²) < 4.78 is 1.70. The molecule has 0 N–H and O–H groups in total. The molecule has 5 heteroatoms. The highest BCUT2D eigenvalue weighted by Crippen LogP contribution is 2.26. The molecule has 0 aliphatic carbocycles. The number of aromatic nitrogens is 3. The van der Waals surface area contributed by atoms with Gasteiger partial charge in [-0.25, -0.2) is 9.67 Å². The highest BCUT2D eigenvalue weighted by Gasteiger charge is 2.14. The van der Waals surface area contributed by atoms with Gasteiger partial charge in [0.2, 0.25) is 5.13 Å². The van der Waals surface area contributed by atoms with E-state index < -0.39 is 0 Å². The molecule has 4 nitrogen and oxygen atoms in total. The van der Waals surface area contributed by atoms with Crippen LogP contribution in [0.15, 0.2) is 48.1 Å². The lowest BCUT2D eigenvalue weighted by molar-refractivity contribution is 0.112. The normalized spacial score (nSPS) is 10.4. The van der Waals surface area contributed by atoms with E-state index in [1.54, 1.807) is 17.1 Å². The zero-order valence-corrected chi connectivity index (χ0v) is 10.2. The van der Waals surface area contributed by atoms with Crippen LogP contribution < -0.4 is 0 Å². The van der Waals surface area contributed by atoms with Crippen LogP contribution in [0.1, 0.15) is 10.4 Å². The topological polar surface area (TPSA) is 47.8 Å². The van der Waals surface area contributed by atoms with E-state index in [4.69, 9.17) is 0 Å². The van der Waals surface area contributed by atoms with Gasteiger partial charge in [-0.1, -0.05) is 30.3 Å². The molecule has 0 saturated carbocycles. The Balaban J connectivity index is 2.23. The second kappa shape index (κ2) is 4.54. The van der Waals surface area contributed by atoms with Crippen molar-refractivity contribution in [1.29, 1.82) is 0 Å². The van der Waals surface area contributed by atoms with Crippen LogP contribution in [0, 0.1) is 0 Å². The van der Waals surface area contributed by atoms with Crippen LogP contribution in [0.25, 0.3) is 16.4 Å². The van der Waals surface area contributed by atoms with Crippen molar-refractivity contribution in [3.63, 3.8) is 0 Å². The van der Waals surface area contributed by atoms with Crippen molar-refractivity contribution in [2.24, 2.45) is 0 Å². The minimum absolute atomic E-state index is 0.566. The smallest absolute Gasteiger partial charge is 0.210 e. The lowest BCUT2D eigenvalue weighted by Gasteiger charge is -2.04. The van der Waals surface area contributed by atoms with Gasteiger partial charge in [-0.15, -0.1) is 11.3 Å². The summed E-state index contributed by atoms with van der Waals surface area (Å²) in [5.41, 5.74) is 2.30. The van der Waals surface area contributed by atoms with E-state index in [2.05, 4.69) is 10.1 Å². The van der Waals surface area contributed by atoms with Crippen molar-refractivity contribution < 1.29 is 4.79 Å². The summed E-state index contributed by atoms with van der Waals surface area (Å²) >= 11 is 1.48. The quantitative estimate of drug-likeness (QED) is 0.676. The maximum absolute atomic E-state index is 11.1. The fourth-order valence-corrected chi connectivity index (χ4v) is 2.40. The number of benzene rings is 1. The van der Waals surface area contributed by atoms with Crippen molar-refractivity contribution in [2.75, 3.05) is 0 Å². The number of carbonyl (C=O) groups excluding carboxylic acids is 1. The van der Waals surface area contributed by atoms with Gasteiger partial charge in [0, 0.05) is 17.1 Å². The predicted octanol–water partition coefficient (Wildman–Crippen LogP) is 2.81. The minimum atomic E-state index is 0.566. The third kappa shape index (κ3) is 1.74. The lowest BCUT2D eigenvalue weighted by Crippen LogP contribution is -1.99. The van der Waals surface area contributed by atoms with E-state index in [1.807, 2.05) is 35.7 Å². The number of hydrogen-bond donors (Lipinski definition) is 0. The Morgan fingerprint density at radius 2 is 2.06 bits per heavy atom. The second-order valence-electron chi connectivity index (χ2n) is 3.66. The van der Waals surface area contributed by atoms with Crippen molar-refractivity contribution in [3.05, 3.63) is 53.7 Å². The molecule has 0 spiro atoms. The molecule has 0 amide bonds. The first-order valence-electron chi connectivity index (χ1n) is 5.38. The Kier molecular flexibility index (Phi) is 2.74. The second-order valence-corrected chi connectivity index (χ2v) is 4.53. The zero-order valence-electron chi connectivity index (χ0n) is 9.35. The lowest BCUT2D eigenvalue weighted by atomic mass is 10.1. The van der Waals surface area contributed by atoms with Gasteiger partial charge in [0.1, 0.15) is 0 Å². The molecule has 3 rings (SSSR count). The Morgan fingerprint density at radius 3 is 2.72 bits per heavy atom. The van der Waals surface area contributed by atoms with Gasteiger partial charge >= 0.3 is 0 Å². The number of rotatable bonds is 3. The summed E-state index contributed by atoms with van der Waals surface area (Å²) in [5.74, 6) is 0. The molecule has 0 aliphatic rings. The molecule has 0 aliphatic heterocycles. The van der Waals surface area contributed by atoms with Crippen molar-refractivity contribution in [3.8, 4) is 16.4 Å². The molecule has 0 bridgehead atoms. The Hall–Kier alpha value is -2.27. The summed E-state index contributed by atoms with van der Waals surface area (Å²) in [4.78, 5) is 15.3. The van der Waals surface area contributed by atoms with Crippen LogP contribution in [0.2, 0.25) is 0 Å². The number of carbonyl (C=O) groups is 1. The van der Waals surface area contributed by atoms with Crippen LogP contribution in [-0.4, -0.2) is 21.1 Å². The molecule has 0 radical (unpaired) electrons. The molecule has 18 heavy (non-hydrogen) atoms. The summed E-state index contributed by atoms with van der Waals surface area (Å²) in [6, 6.07) is 9.71. The summed E-state index contributed by atoms with van der Waals surface area (Å²) in [6.07, 6.45) is 4.10. The first-order chi connectivity index (χ1) is 8.90. The first kappa shape index (κ1) is 10.9.